The Morgan fingerprint density at radius 2 is 1.52 bits per heavy atom. The van der Waals surface area contributed by atoms with Crippen LogP contribution in [0.5, 0.6) is 11.5 Å². The minimum Gasteiger partial charge on any atom is -0.478 e. The molecule has 0 radical (unpaired) electrons. The number of carboxylic acids is 2. The molecule has 3 N–H and O–H groups in total. The molecule has 0 aliphatic carbocycles. The summed E-state index contributed by atoms with van der Waals surface area (Å²) in [4.78, 5) is 22.4. The molecule has 0 aliphatic rings. The normalized spacial score (nSPS) is 11.2. The van der Waals surface area contributed by atoms with Gasteiger partial charge in [-0.3, -0.25) is 4.55 Å². The highest BCUT2D eigenvalue weighted by molar-refractivity contribution is 7.85. The Kier molecular flexibility index (Phi) is 4.82. The van der Waals surface area contributed by atoms with Gasteiger partial charge in [-0.05, 0) is 49.7 Å². The molecule has 0 fully saturated rings. The van der Waals surface area contributed by atoms with Gasteiger partial charge >= 0.3 is 11.9 Å². The second kappa shape index (κ2) is 6.54. The third-order valence-electron chi connectivity index (χ3n) is 3.59. The molecule has 25 heavy (non-hydrogen) atoms. The number of carbonyl (C=O) groups is 2. The minimum atomic E-state index is -4.35. The van der Waals surface area contributed by atoms with E-state index in [0.717, 1.165) is 12.1 Å². The van der Waals surface area contributed by atoms with Crippen LogP contribution in [-0.2, 0) is 10.1 Å². The minimum absolute atomic E-state index is 0.0139. The average molecular weight is 366 g/mol. The SMILES string of the molecule is Cc1c(Oc2ccc(S(=O)(=O)O)cc2)cc(C(=O)O)c(C)c1C(=O)O. The van der Waals surface area contributed by atoms with E-state index in [1.54, 1.807) is 0 Å². The maximum Gasteiger partial charge on any atom is 0.336 e. The summed E-state index contributed by atoms with van der Waals surface area (Å²) in [6, 6.07) is 5.91. The van der Waals surface area contributed by atoms with Crippen LogP contribution in [0, 0.1) is 13.8 Å². The quantitative estimate of drug-likeness (QED) is 0.687. The van der Waals surface area contributed by atoms with Crippen LogP contribution in [-0.4, -0.2) is 35.1 Å². The van der Waals surface area contributed by atoms with Crippen molar-refractivity contribution in [3.05, 3.63) is 52.6 Å². The topological polar surface area (TPSA) is 138 Å². The lowest BCUT2D eigenvalue weighted by molar-refractivity contribution is 0.0694. The van der Waals surface area contributed by atoms with E-state index < -0.39 is 22.1 Å². The first-order valence-corrected chi connectivity index (χ1v) is 8.32. The van der Waals surface area contributed by atoms with E-state index in [9.17, 15) is 28.2 Å². The van der Waals surface area contributed by atoms with Gasteiger partial charge in [0.2, 0.25) is 0 Å². The molecule has 0 unspecified atom stereocenters. The number of carboxylic acid groups (broad SMARTS) is 2. The predicted octanol–water partition coefficient (Wildman–Crippen LogP) is 2.74. The molecular formula is C16H14O8S. The summed E-state index contributed by atoms with van der Waals surface area (Å²) >= 11 is 0. The van der Waals surface area contributed by atoms with Crippen molar-refractivity contribution in [2.45, 2.75) is 18.7 Å². The highest BCUT2D eigenvalue weighted by atomic mass is 32.2. The zero-order valence-electron chi connectivity index (χ0n) is 13.2. The fourth-order valence-electron chi connectivity index (χ4n) is 2.34. The standard InChI is InChI=1S/C16H14O8S/c1-8-12(15(17)18)7-13(9(2)14(8)16(19)20)24-10-3-5-11(6-4-10)25(21,22)23/h3-7H,1-2H3,(H,17,18)(H,19,20)(H,21,22,23). The first kappa shape index (κ1) is 18.4. The van der Waals surface area contributed by atoms with Gasteiger partial charge in [0.1, 0.15) is 11.5 Å². The van der Waals surface area contributed by atoms with Gasteiger partial charge in [-0.25, -0.2) is 9.59 Å². The Bertz CT molecular complexity index is 959. The maximum atomic E-state index is 11.4. The van der Waals surface area contributed by atoms with Crippen LogP contribution in [0.2, 0.25) is 0 Å². The summed E-state index contributed by atoms with van der Waals surface area (Å²) in [6.07, 6.45) is 0. The molecule has 8 nitrogen and oxygen atoms in total. The molecular weight excluding hydrogens is 352 g/mol. The molecule has 2 aromatic carbocycles. The van der Waals surface area contributed by atoms with Crippen molar-refractivity contribution in [2.75, 3.05) is 0 Å². The number of hydrogen-bond donors (Lipinski definition) is 3. The summed E-state index contributed by atoms with van der Waals surface area (Å²) < 4.78 is 36.5. The number of benzene rings is 2. The summed E-state index contributed by atoms with van der Waals surface area (Å²) in [7, 11) is -4.35. The van der Waals surface area contributed by atoms with Gasteiger partial charge in [-0.2, -0.15) is 8.42 Å². The van der Waals surface area contributed by atoms with Gasteiger partial charge in [0.15, 0.2) is 0 Å². The zero-order valence-corrected chi connectivity index (χ0v) is 14.0. The van der Waals surface area contributed by atoms with Crippen LogP contribution in [0.1, 0.15) is 31.8 Å². The van der Waals surface area contributed by atoms with Gasteiger partial charge in [-0.15, -0.1) is 0 Å². The van der Waals surface area contributed by atoms with Crippen LogP contribution < -0.4 is 4.74 Å². The van der Waals surface area contributed by atoms with E-state index in [2.05, 4.69) is 0 Å². The van der Waals surface area contributed by atoms with Crippen molar-refractivity contribution in [3.8, 4) is 11.5 Å². The van der Waals surface area contributed by atoms with E-state index >= 15 is 0 Å². The zero-order chi connectivity index (χ0) is 18.9. The summed E-state index contributed by atoms with van der Waals surface area (Å²) in [6.45, 7) is 2.87. The highest BCUT2D eigenvalue weighted by Gasteiger charge is 2.22. The summed E-state index contributed by atoms with van der Waals surface area (Å²) in [5, 5.41) is 18.6. The largest absolute Gasteiger partial charge is 0.478 e. The number of ether oxygens (including phenoxy) is 1. The van der Waals surface area contributed by atoms with Gasteiger partial charge in [0.05, 0.1) is 16.0 Å². The first-order chi connectivity index (χ1) is 11.5. The Hall–Kier alpha value is -2.91. The Morgan fingerprint density at radius 1 is 0.960 bits per heavy atom. The lowest BCUT2D eigenvalue weighted by Gasteiger charge is -2.15. The van der Waals surface area contributed by atoms with Gasteiger partial charge in [-0.1, -0.05) is 0 Å². The third-order valence-corrected chi connectivity index (χ3v) is 4.46. The van der Waals surface area contributed by atoms with Gasteiger partial charge < -0.3 is 14.9 Å². The molecule has 0 atom stereocenters. The average Bonchev–Trinajstić information content (AvgIpc) is 2.49. The monoisotopic (exact) mass is 366 g/mol. The van der Waals surface area contributed by atoms with Gasteiger partial charge in [0.25, 0.3) is 10.1 Å². The molecule has 0 heterocycles. The lowest BCUT2D eigenvalue weighted by atomic mass is 9.96. The van der Waals surface area contributed by atoms with Crippen LogP contribution >= 0.6 is 0 Å². The molecule has 0 aliphatic heterocycles. The van der Waals surface area contributed by atoms with E-state index in [1.165, 1.54) is 32.0 Å². The fraction of sp³-hybridized carbons (Fsp3) is 0.125. The number of hydrogen-bond acceptors (Lipinski definition) is 5. The Balaban J connectivity index is 2.52. The highest BCUT2D eigenvalue weighted by Crippen LogP contribution is 2.32. The molecule has 0 saturated heterocycles. The molecule has 2 rings (SSSR count). The molecule has 132 valence electrons. The van der Waals surface area contributed by atoms with Crippen LogP contribution in [0.25, 0.3) is 0 Å². The van der Waals surface area contributed by atoms with Crippen molar-refractivity contribution < 1.29 is 37.5 Å². The molecule has 0 aromatic heterocycles. The van der Waals surface area contributed by atoms with Crippen molar-refractivity contribution in [1.29, 1.82) is 0 Å². The second-order valence-electron chi connectivity index (χ2n) is 5.21. The Labute approximate surface area is 143 Å². The van der Waals surface area contributed by atoms with Crippen molar-refractivity contribution in [1.82, 2.24) is 0 Å². The van der Waals surface area contributed by atoms with Gasteiger partial charge in [0, 0.05) is 5.56 Å². The van der Waals surface area contributed by atoms with E-state index in [4.69, 9.17) is 9.29 Å². The van der Waals surface area contributed by atoms with Crippen LogP contribution in [0.15, 0.2) is 35.2 Å². The van der Waals surface area contributed by atoms with Crippen molar-refractivity contribution in [2.24, 2.45) is 0 Å². The van der Waals surface area contributed by atoms with E-state index in [-0.39, 0.29) is 38.6 Å². The first-order valence-electron chi connectivity index (χ1n) is 6.88. The molecule has 0 bridgehead atoms. The van der Waals surface area contributed by atoms with Crippen LogP contribution in [0.4, 0.5) is 0 Å². The third kappa shape index (κ3) is 3.78. The van der Waals surface area contributed by atoms with E-state index in [1.807, 2.05) is 0 Å². The molecule has 0 saturated carbocycles. The second-order valence-corrected chi connectivity index (χ2v) is 6.63. The number of aromatic carboxylic acids is 2. The fourth-order valence-corrected chi connectivity index (χ4v) is 2.82. The van der Waals surface area contributed by atoms with E-state index in [0.29, 0.717) is 0 Å². The predicted molar refractivity (Wildman–Crippen MR) is 86.2 cm³/mol. The lowest BCUT2D eigenvalue weighted by Crippen LogP contribution is -2.10. The maximum absolute atomic E-state index is 11.4. The molecule has 9 heteroatoms. The summed E-state index contributed by atoms with van der Waals surface area (Å²) in [5.74, 6) is -2.43. The summed E-state index contributed by atoms with van der Waals surface area (Å²) in [5.41, 5.74) is -0.0579. The Morgan fingerprint density at radius 3 is 1.96 bits per heavy atom. The molecule has 0 spiro atoms. The van der Waals surface area contributed by atoms with Crippen LogP contribution in [0.3, 0.4) is 0 Å². The van der Waals surface area contributed by atoms with Crippen molar-refractivity contribution in [3.63, 3.8) is 0 Å². The van der Waals surface area contributed by atoms with Crippen molar-refractivity contribution >= 4 is 22.1 Å². The molecule has 0 amide bonds. The number of rotatable bonds is 5. The smallest absolute Gasteiger partial charge is 0.336 e. The molecule has 2 aromatic rings.